The van der Waals surface area contributed by atoms with E-state index < -0.39 is 42.3 Å². The summed E-state index contributed by atoms with van der Waals surface area (Å²) in [5.41, 5.74) is 0.301. The average molecular weight is 467 g/mol. The lowest BCUT2D eigenvalue weighted by Crippen LogP contribution is -2.48. The number of Topliss-reactive ketones (excluding diaryl/α,β-unsaturated/α-hetero) is 1. The number of carbonyl (C=O) groups is 3. The van der Waals surface area contributed by atoms with Gasteiger partial charge in [0.2, 0.25) is 0 Å². The molecule has 0 saturated carbocycles. The first-order valence-corrected chi connectivity index (χ1v) is 10.0. The van der Waals surface area contributed by atoms with Crippen molar-refractivity contribution in [1.29, 1.82) is 0 Å². The lowest BCUT2D eigenvalue weighted by atomic mass is 10.1. The summed E-state index contributed by atoms with van der Waals surface area (Å²) in [5.74, 6) is -3.65. The number of ether oxygens (including phenoxy) is 1. The Kier molecular flexibility index (Phi) is 7.99. The number of urea groups is 1. The van der Waals surface area contributed by atoms with Crippen LogP contribution in [-0.2, 0) is 16.1 Å². The minimum atomic E-state index is -3.27. The van der Waals surface area contributed by atoms with Crippen molar-refractivity contribution in [2.24, 2.45) is 0 Å². The molecule has 1 heterocycles. The zero-order chi connectivity index (χ0) is 24.0. The average Bonchev–Trinajstić information content (AvgIpc) is 2.82. The Labute approximate surface area is 186 Å². The molecule has 2 aromatic carbocycles. The summed E-state index contributed by atoms with van der Waals surface area (Å²) in [6, 6.07) is 8.22. The van der Waals surface area contributed by atoms with Crippen molar-refractivity contribution in [3.8, 4) is 0 Å². The molecule has 11 heteroatoms. The largest absolute Gasteiger partial charge is 0.378 e. The fraction of sp³-hybridized carbons (Fsp3) is 0.318. The third-order valence-corrected chi connectivity index (χ3v) is 4.98. The van der Waals surface area contributed by atoms with Crippen LogP contribution < -0.4 is 10.2 Å². The maximum absolute atomic E-state index is 14.8. The molecular formula is C22H21F4N3O4. The molecule has 0 bridgehead atoms. The molecule has 1 aliphatic heterocycles. The van der Waals surface area contributed by atoms with Gasteiger partial charge < -0.3 is 15.0 Å². The fourth-order valence-electron chi connectivity index (χ4n) is 3.18. The topological polar surface area (TPSA) is 79.0 Å². The summed E-state index contributed by atoms with van der Waals surface area (Å²) in [4.78, 5) is 38.9. The van der Waals surface area contributed by atoms with Crippen LogP contribution in [0.2, 0.25) is 0 Å². The summed E-state index contributed by atoms with van der Waals surface area (Å²) in [7, 11) is 0. The standard InChI is InChI=1S/C22H21F4N3O4/c23-16-3-5-17(6-4-16)29(22(32)28-7-9-33-10-8-28)13-15-2-1-14(11-18(15)24)19(30)12-27-21(31)20(25)26/h1-6,11,20H,7-10,12-13H2,(H,27,31). The Morgan fingerprint density at radius 1 is 1.03 bits per heavy atom. The lowest BCUT2D eigenvalue weighted by Gasteiger charge is -2.33. The summed E-state index contributed by atoms with van der Waals surface area (Å²) in [6.45, 7) is 0.490. The van der Waals surface area contributed by atoms with Crippen LogP contribution in [0.5, 0.6) is 0 Å². The van der Waals surface area contributed by atoms with Gasteiger partial charge in [0.25, 0.3) is 5.91 Å². The van der Waals surface area contributed by atoms with Crippen molar-refractivity contribution in [1.82, 2.24) is 10.2 Å². The van der Waals surface area contributed by atoms with E-state index in [1.54, 1.807) is 5.32 Å². The molecule has 1 fully saturated rings. The van der Waals surface area contributed by atoms with Gasteiger partial charge in [-0.05, 0) is 30.3 Å². The smallest absolute Gasteiger partial charge is 0.324 e. The molecule has 3 rings (SSSR count). The number of morpholine rings is 1. The van der Waals surface area contributed by atoms with Gasteiger partial charge in [0.1, 0.15) is 11.6 Å². The number of carbonyl (C=O) groups excluding carboxylic acids is 3. The van der Waals surface area contributed by atoms with E-state index in [0.29, 0.717) is 32.0 Å². The van der Waals surface area contributed by atoms with Gasteiger partial charge in [-0.1, -0.05) is 12.1 Å². The number of nitrogens with zero attached hydrogens (tertiary/aromatic N) is 2. The van der Waals surface area contributed by atoms with Gasteiger partial charge in [-0.2, -0.15) is 8.78 Å². The number of ketones is 1. The van der Waals surface area contributed by atoms with E-state index in [4.69, 9.17) is 4.74 Å². The van der Waals surface area contributed by atoms with Crippen molar-refractivity contribution in [3.05, 3.63) is 65.2 Å². The first-order chi connectivity index (χ1) is 15.8. The first-order valence-electron chi connectivity index (χ1n) is 10.0. The Hall–Kier alpha value is -3.47. The van der Waals surface area contributed by atoms with Crippen molar-refractivity contribution >= 4 is 23.4 Å². The molecule has 2 aromatic rings. The Balaban J connectivity index is 1.79. The Morgan fingerprint density at radius 3 is 2.30 bits per heavy atom. The number of nitrogens with one attached hydrogen (secondary N) is 1. The molecule has 0 unspecified atom stereocenters. The number of halogens is 4. The van der Waals surface area contributed by atoms with Gasteiger partial charge in [0.05, 0.1) is 26.3 Å². The van der Waals surface area contributed by atoms with Crippen LogP contribution in [0.4, 0.5) is 28.0 Å². The SMILES string of the molecule is O=C(CNC(=O)C(F)F)c1ccc(CN(C(=O)N2CCOCC2)c2ccc(F)cc2)c(F)c1. The van der Waals surface area contributed by atoms with Crippen LogP contribution in [0.15, 0.2) is 42.5 Å². The van der Waals surface area contributed by atoms with Crippen LogP contribution in [0, 0.1) is 11.6 Å². The van der Waals surface area contributed by atoms with E-state index in [-0.39, 0.29) is 17.7 Å². The number of amides is 3. The quantitative estimate of drug-likeness (QED) is 0.502. The van der Waals surface area contributed by atoms with Crippen LogP contribution in [0.25, 0.3) is 0 Å². The summed E-state index contributed by atoms with van der Waals surface area (Å²) in [6.07, 6.45) is -3.27. The molecule has 176 valence electrons. The maximum atomic E-state index is 14.8. The molecule has 0 aliphatic carbocycles. The molecule has 0 aromatic heterocycles. The van der Waals surface area contributed by atoms with Crippen LogP contribution in [0.1, 0.15) is 15.9 Å². The zero-order valence-electron chi connectivity index (χ0n) is 17.4. The van der Waals surface area contributed by atoms with Gasteiger partial charge in [-0.25, -0.2) is 13.6 Å². The number of hydrogen-bond donors (Lipinski definition) is 1. The highest BCUT2D eigenvalue weighted by Crippen LogP contribution is 2.22. The molecule has 1 aliphatic rings. The van der Waals surface area contributed by atoms with E-state index in [2.05, 4.69) is 0 Å². The third kappa shape index (κ3) is 6.28. The van der Waals surface area contributed by atoms with Crippen molar-refractivity contribution < 1.29 is 36.7 Å². The zero-order valence-corrected chi connectivity index (χ0v) is 17.4. The number of hydrogen-bond acceptors (Lipinski definition) is 4. The normalized spacial score (nSPS) is 13.7. The van der Waals surface area contributed by atoms with Crippen molar-refractivity contribution in [2.45, 2.75) is 13.0 Å². The van der Waals surface area contributed by atoms with E-state index in [9.17, 15) is 31.9 Å². The highest BCUT2D eigenvalue weighted by molar-refractivity contribution is 5.99. The van der Waals surface area contributed by atoms with E-state index >= 15 is 0 Å². The molecule has 1 N–H and O–H groups in total. The second-order valence-electron chi connectivity index (χ2n) is 7.19. The predicted octanol–water partition coefficient (Wildman–Crippen LogP) is 2.99. The van der Waals surface area contributed by atoms with Crippen molar-refractivity contribution in [3.63, 3.8) is 0 Å². The number of rotatable bonds is 7. The molecule has 1 saturated heterocycles. The Bertz CT molecular complexity index is 1010. The van der Waals surface area contributed by atoms with Crippen molar-refractivity contribution in [2.75, 3.05) is 37.7 Å². The van der Waals surface area contributed by atoms with E-state index in [1.165, 1.54) is 46.2 Å². The van der Waals surface area contributed by atoms with Crippen LogP contribution in [-0.4, -0.2) is 61.9 Å². The summed E-state index contributed by atoms with van der Waals surface area (Å²) < 4.78 is 57.9. The van der Waals surface area contributed by atoms with Gasteiger partial charge >= 0.3 is 12.5 Å². The second kappa shape index (κ2) is 10.9. The van der Waals surface area contributed by atoms with Crippen LogP contribution >= 0.6 is 0 Å². The summed E-state index contributed by atoms with van der Waals surface area (Å²) in [5, 5.41) is 1.76. The molecule has 33 heavy (non-hydrogen) atoms. The highest BCUT2D eigenvalue weighted by Gasteiger charge is 2.25. The lowest BCUT2D eigenvalue weighted by molar-refractivity contribution is -0.131. The van der Waals surface area contributed by atoms with Gasteiger partial charge in [0, 0.05) is 29.9 Å². The molecule has 0 spiro atoms. The van der Waals surface area contributed by atoms with Crippen LogP contribution in [0.3, 0.4) is 0 Å². The fourth-order valence-corrected chi connectivity index (χ4v) is 3.18. The first kappa shape index (κ1) is 24.2. The van der Waals surface area contributed by atoms with E-state index in [1.807, 2.05) is 0 Å². The monoisotopic (exact) mass is 467 g/mol. The van der Waals surface area contributed by atoms with Gasteiger partial charge in [0.15, 0.2) is 5.78 Å². The third-order valence-electron chi connectivity index (χ3n) is 4.98. The predicted molar refractivity (Wildman–Crippen MR) is 110 cm³/mol. The minimum Gasteiger partial charge on any atom is -0.378 e. The van der Waals surface area contributed by atoms with Gasteiger partial charge in [-0.15, -0.1) is 0 Å². The highest BCUT2D eigenvalue weighted by atomic mass is 19.3. The molecule has 0 atom stereocenters. The minimum absolute atomic E-state index is 0.0779. The summed E-state index contributed by atoms with van der Waals surface area (Å²) >= 11 is 0. The molecular weight excluding hydrogens is 446 g/mol. The second-order valence-corrected chi connectivity index (χ2v) is 7.19. The number of alkyl halides is 2. The number of anilines is 1. The van der Waals surface area contributed by atoms with Gasteiger partial charge in [-0.3, -0.25) is 14.5 Å². The maximum Gasteiger partial charge on any atom is 0.324 e. The molecule has 7 nitrogen and oxygen atoms in total. The molecule has 3 amide bonds. The molecule has 0 radical (unpaired) electrons. The Morgan fingerprint density at radius 2 is 1.70 bits per heavy atom. The number of benzene rings is 2. The van der Waals surface area contributed by atoms with E-state index in [0.717, 1.165) is 6.07 Å².